The van der Waals surface area contributed by atoms with Crippen molar-refractivity contribution in [1.82, 2.24) is 9.97 Å². The number of hydrogen-bond donors (Lipinski definition) is 1. The largest absolute Gasteiger partial charge is 0.454 e. The third-order valence-corrected chi connectivity index (χ3v) is 4.16. The molecule has 3 aromatic rings. The van der Waals surface area contributed by atoms with E-state index >= 15 is 0 Å². The van der Waals surface area contributed by atoms with Crippen LogP contribution in [0.3, 0.4) is 0 Å². The van der Waals surface area contributed by atoms with E-state index in [9.17, 15) is 0 Å². The molecule has 132 valence electrons. The van der Waals surface area contributed by atoms with Gasteiger partial charge in [0.05, 0.1) is 0 Å². The lowest BCUT2D eigenvalue weighted by molar-refractivity contribution is 0.174. The van der Waals surface area contributed by atoms with Crippen LogP contribution in [0, 0.1) is 0 Å². The molecule has 26 heavy (non-hydrogen) atoms. The first kappa shape index (κ1) is 16.2. The fourth-order valence-corrected chi connectivity index (χ4v) is 2.80. The summed E-state index contributed by atoms with van der Waals surface area (Å²) >= 11 is 0. The van der Waals surface area contributed by atoms with Crippen LogP contribution in [0.4, 0.5) is 11.8 Å². The number of anilines is 2. The van der Waals surface area contributed by atoms with E-state index in [0.29, 0.717) is 12.5 Å². The van der Waals surface area contributed by atoms with Crippen LogP contribution in [0.25, 0.3) is 0 Å². The van der Waals surface area contributed by atoms with Gasteiger partial charge in [0, 0.05) is 26.3 Å². The molecule has 0 fully saturated rings. The Morgan fingerprint density at radius 2 is 1.85 bits per heavy atom. The molecular formula is C20H20N4O2. The Morgan fingerprint density at radius 3 is 2.73 bits per heavy atom. The summed E-state index contributed by atoms with van der Waals surface area (Å²) in [5.41, 5.74) is 2.32. The van der Waals surface area contributed by atoms with Crippen LogP contribution in [0.2, 0.25) is 0 Å². The molecular weight excluding hydrogens is 328 g/mol. The molecule has 0 saturated heterocycles. The van der Waals surface area contributed by atoms with Crippen molar-refractivity contribution in [3.63, 3.8) is 0 Å². The van der Waals surface area contributed by atoms with Gasteiger partial charge in [-0.25, -0.2) is 4.98 Å². The Morgan fingerprint density at radius 1 is 1.00 bits per heavy atom. The zero-order valence-corrected chi connectivity index (χ0v) is 14.6. The lowest BCUT2D eigenvalue weighted by Crippen LogP contribution is -2.19. The number of nitrogens with zero attached hydrogens (tertiary/aromatic N) is 3. The second kappa shape index (κ2) is 7.31. The first-order chi connectivity index (χ1) is 12.8. The van der Waals surface area contributed by atoms with E-state index in [1.807, 2.05) is 54.4 Å². The summed E-state index contributed by atoms with van der Waals surface area (Å²) in [4.78, 5) is 11.0. The molecule has 2 heterocycles. The Kier molecular flexibility index (Phi) is 4.55. The molecule has 6 nitrogen and oxygen atoms in total. The first-order valence-electron chi connectivity index (χ1n) is 8.48. The third-order valence-electron chi connectivity index (χ3n) is 4.16. The second-order valence-electron chi connectivity index (χ2n) is 6.12. The monoisotopic (exact) mass is 348 g/mol. The molecule has 0 aliphatic carbocycles. The van der Waals surface area contributed by atoms with Gasteiger partial charge in [-0.3, -0.25) is 0 Å². The van der Waals surface area contributed by atoms with Gasteiger partial charge in [0.2, 0.25) is 12.7 Å². The predicted octanol–water partition coefficient (Wildman–Crippen LogP) is 3.45. The maximum Gasteiger partial charge on any atom is 0.231 e. The molecule has 1 aliphatic rings. The highest BCUT2D eigenvalue weighted by Crippen LogP contribution is 2.32. The number of hydrogen-bond acceptors (Lipinski definition) is 6. The van der Waals surface area contributed by atoms with Crippen molar-refractivity contribution in [2.24, 2.45) is 0 Å². The van der Waals surface area contributed by atoms with Crippen molar-refractivity contribution in [3.05, 3.63) is 71.9 Å². The average molecular weight is 348 g/mol. The SMILES string of the molecule is CN(Cc1ccccc1)c1nccc(NCc2ccc3c(c2)OCO3)n1. The molecule has 0 spiro atoms. The molecule has 2 aromatic carbocycles. The van der Waals surface area contributed by atoms with Gasteiger partial charge < -0.3 is 19.7 Å². The van der Waals surface area contributed by atoms with Crippen LogP contribution < -0.4 is 19.7 Å². The van der Waals surface area contributed by atoms with Gasteiger partial charge in [-0.15, -0.1) is 0 Å². The second-order valence-corrected chi connectivity index (χ2v) is 6.12. The van der Waals surface area contributed by atoms with Crippen LogP contribution in [-0.4, -0.2) is 23.8 Å². The van der Waals surface area contributed by atoms with E-state index in [1.165, 1.54) is 5.56 Å². The highest BCUT2D eigenvalue weighted by atomic mass is 16.7. The molecule has 0 saturated carbocycles. The van der Waals surface area contributed by atoms with Gasteiger partial charge >= 0.3 is 0 Å². The van der Waals surface area contributed by atoms with E-state index < -0.39 is 0 Å². The molecule has 6 heteroatoms. The van der Waals surface area contributed by atoms with Crippen LogP contribution in [0.5, 0.6) is 11.5 Å². The van der Waals surface area contributed by atoms with Crippen LogP contribution in [-0.2, 0) is 13.1 Å². The van der Waals surface area contributed by atoms with Crippen LogP contribution in [0.1, 0.15) is 11.1 Å². The minimum Gasteiger partial charge on any atom is -0.454 e. The number of nitrogens with one attached hydrogen (secondary N) is 1. The maximum absolute atomic E-state index is 5.42. The molecule has 1 N–H and O–H groups in total. The summed E-state index contributed by atoms with van der Waals surface area (Å²) < 4.78 is 10.8. The van der Waals surface area contributed by atoms with Crippen molar-refractivity contribution in [3.8, 4) is 11.5 Å². The predicted molar refractivity (Wildman–Crippen MR) is 100 cm³/mol. The van der Waals surface area contributed by atoms with Gasteiger partial charge in [0.1, 0.15) is 5.82 Å². The van der Waals surface area contributed by atoms with Crippen molar-refractivity contribution in [2.75, 3.05) is 24.1 Å². The molecule has 0 atom stereocenters. The van der Waals surface area contributed by atoms with Crippen molar-refractivity contribution in [2.45, 2.75) is 13.1 Å². The minimum atomic E-state index is 0.287. The zero-order chi connectivity index (χ0) is 17.8. The summed E-state index contributed by atoms with van der Waals surface area (Å²) in [5.74, 6) is 3.05. The summed E-state index contributed by atoms with van der Waals surface area (Å²) in [6, 6.07) is 18.1. The number of ether oxygens (including phenoxy) is 2. The van der Waals surface area contributed by atoms with E-state index in [2.05, 4.69) is 27.4 Å². The van der Waals surface area contributed by atoms with Crippen molar-refractivity contribution < 1.29 is 9.47 Å². The van der Waals surface area contributed by atoms with E-state index in [-0.39, 0.29) is 6.79 Å². The van der Waals surface area contributed by atoms with Crippen molar-refractivity contribution >= 4 is 11.8 Å². The molecule has 0 bridgehead atoms. The number of aromatic nitrogens is 2. The quantitative estimate of drug-likeness (QED) is 0.736. The summed E-state index contributed by atoms with van der Waals surface area (Å²) in [6.07, 6.45) is 1.77. The van der Waals surface area contributed by atoms with Gasteiger partial charge in [0.15, 0.2) is 11.5 Å². The molecule has 4 rings (SSSR count). The highest BCUT2D eigenvalue weighted by molar-refractivity contribution is 5.46. The van der Waals surface area contributed by atoms with Crippen molar-refractivity contribution in [1.29, 1.82) is 0 Å². The lowest BCUT2D eigenvalue weighted by Gasteiger charge is -2.17. The van der Waals surface area contributed by atoms with Crippen LogP contribution >= 0.6 is 0 Å². The average Bonchev–Trinajstić information content (AvgIpc) is 3.15. The Labute approximate surface area is 152 Å². The maximum atomic E-state index is 5.42. The fourth-order valence-electron chi connectivity index (χ4n) is 2.80. The minimum absolute atomic E-state index is 0.287. The van der Waals surface area contributed by atoms with Gasteiger partial charge in [0.25, 0.3) is 0 Å². The van der Waals surface area contributed by atoms with Gasteiger partial charge in [-0.05, 0) is 29.3 Å². The zero-order valence-electron chi connectivity index (χ0n) is 14.6. The number of benzene rings is 2. The number of rotatable bonds is 6. The topological polar surface area (TPSA) is 59.5 Å². The molecule has 1 aliphatic heterocycles. The number of fused-ring (bicyclic) bond motifs is 1. The third kappa shape index (κ3) is 3.69. The first-order valence-corrected chi connectivity index (χ1v) is 8.48. The van der Waals surface area contributed by atoms with Gasteiger partial charge in [-0.1, -0.05) is 36.4 Å². The summed E-state index contributed by atoms with van der Waals surface area (Å²) in [7, 11) is 1.99. The Balaban J connectivity index is 1.41. The fraction of sp³-hybridized carbons (Fsp3) is 0.200. The molecule has 0 radical (unpaired) electrons. The molecule has 0 unspecified atom stereocenters. The Bertz CT molecular complexity index is 886. The lowest BCUT2D eigenvalue weighted by atomic mass is 10.2. The van der Waals surface area contributed by atoms with E-state index in [1.54, 1.807) is 6.20 Å². The summed E-state index contributed by atoms with van der Waals surface area (Å²) in [5, 5.41) is 3.34. The molecule has 0 amide bonds. The normalized spacial score (nSPS) is 12.0. The standard InChI is InChI=1S/C20H20N4O2/c1-24(13-15-5-3-2-4-6-15)20-21-10-9-19(23-20)22-12-16-7-8-17-18(11-16)26-14-25-17/h2-11H,12-14H2,1H3,(H,21,22,23). The summed E-state index contributed by atoms with van der Waals surface area (Å²) in [6.45, 7) is 1.69. The van der Waals surface area contributed by atoms with Crippen LogP contribution in [0.15, 0.2) is 60.8 Å². The Hall–Kier alpha value is -3.28. The molecule has 1 aromatic heterocycles. The smallest absolute Gasteiger partial charge is 0.231 e. The van der Waals surface area contributed by atoms with Gasteiger partial charge in [-0.2, -0.15) is 4.98 Å². The van der Waals surface area contributed by atoms with E-state index in [0.717, 1.165) is 29.4 Å². The highest BCUT2D eigenvalue weighted by Gasteiger charge is 2.13. The van der Waals surface area contributed by atoms with E-state index in [4.69, 9.17) is 9.47 Å².